The number of phenolic OH excluding ortho intramolecular Hbond substituents is 2. The third kappa shape index (κ3) is 7.00. The number of ether oxygens (including phenoxy) is 4. The molecule has 0 amide bonds. The summed E-state index contributed by atoms with van der Waals surface area (Å²) in [5.41, 5.74) is 1.07. The van der Waals surface area contributed by atoms with Gasteiger partial charge in [0.2, 0.25) is 0 Å². The van der Waals surface area contributed by atoms with E-state index in [0.29, 0.717) is 18.4 Å². The van der Waals surface area contributed by atoms with Crippen molar-refractivity contribution in [3.63, 3.8) is 0 Å². The molecule has 1 aliphatic heterocycles. The molecule has 12 heteroatoms. The summed E-state index contributed by atoms with van der Waals surface area (Å²) in [5.74, 6) is -0.117. The van der Waals surface area contributed by atoms with Crippen LogP contribution in [0.3, 0.4) is 0 Å². The average molecular weight is 527 g/mol. The van der Waals surface area contributed by atoms with Crippen molar-refractivity contribution in [2.45, 2.75) is 55.8 Å². The maximum atomic E-state index is 10.6. The molecule has 37 heavy (non-hydrogen) atoms. The van der Waals surface area contributed by atoms with Gasteiger partial charge in [0.1, 0.15) is 30.5 Å². The Labute approximate surface area is 213 Å². The van der Waals surface area contributed by atoms with Crippen molar-refractivity contribution in [1.82, 2.24) is 0 Å². The lowest BCUT2D eigenvalue weighted by molar-refractivity contribution is -0.301. The normalized spacial score (nSPS) is 25.4. The van der Waals surface area contributed by atoms with Gasteiger partial charge in [-0.05, 0) is 48.2 Å². The molecule has 7 atom stereocenters. The number of hydrogen-bond donors (Lipinski definition) is 8. The number of phenols is 2. The fraction of sp³-hybridized carbons (Fsp3) is 0.520. The van der Waals surface area contributed by atoms with Gasteiger partial charge in [-0.3, -0.25) is 0 Å². The lowest BCUT2D eigenvalue weighted by Gasteiger charge is -2.39. The summed E-state index contributed by atoms with van der Waals surface area (Å²) >= 11 is 0. The third-order valence-electron chi connectivity index (χ3n) is 6.12. The van der Waals surface area contributed by atoms with Gasteiger partial charge in [-0.1, -0.05) is 12.1 Å². The molecule has 2 aromatic carbocycles. The zero-order chi connectivity index (χ0) is 27.1. The summed E-state index contributed by atoms with van der Waals surface area (Å²) in [6.45, 7) is -0.979. The zero-order valence-corrected chi connectivity index (χ0v) is 20.3. The predicted octanol–water partition coefficient (Wildman–Crippen LogP) is -0.671. The average Bonchev–Trinajstić information content (AvgIpc) is 2.90. The van der Waals surface area contributed by atoms with Crippen molar-refractivity contribution in [2.24, 2.45) is 0 Å². The Morgan fingerprint density at radius 1 is 0.919 bits per heavy atom. The number of aliphatic hydroxyl groups is 6. The maximum Gasteiger partial charge on any atom is 0.186 e. The molecule has 3 rings (SSSR count). The number of aliphatic hydroxyl groups excluding tert-OH is 6. The first-order valence-electron chi connectivity index (χ1n) is 11.8. The van der Waals surface area contributed by atoms with Gasteiger partial charge in [-0.2, -0.15) is 0 Å². The molecular weight excluding hydrogens is 492 g/mol. The number of aryl methyl sites for hydroxylation is 1. The van der Waals surface area contributed by atoms with Gasteiger partial charge in [-0.25, -0.2) is 0 Å². The van der Waals surface area contributed by atoms with E-state index in [0.717, 1.165) is 5.56 Å². The van der Waals surface area contributed by atoms with Crippen molar-refractivity contribution in [3.05, 3.63) is 47.5 Å². The molecule has 8 N–H and O–H groups in total. The molecule has 0 radical (unpaired) electrons. The van der Waals surface area contributed by atoms with E-state index in [1.54, 1.807) is 6.07 Å². The Morgan fingerprint density at radius 2 is 1.68 bits per heavy atom. The lowest BCUT2D eigenvalue weighted by Crippen LogP contribution is -2.59. The van der Waals surface area contributed by atoms with Gasteiger partial charge in [0, 0.05) is 0 Å². The lowest BCUT2D eigenvalue weighted by atomic mass is 9.99. The topological polar surface area (TPSA) is 199 Å². The number of benzene rings is 2. The zero-order valence-electron chi connectivity index (χ0n) is 20.3. The van der Waals surface area contributed by atoms with Crippen molar-refractivity contribution in [1.29, 1.82) is 0 Å². The summed E-state index contributed by atoms with van der Waals surface area (Å²) in [5, 5.41) is 79.4. The first kappa shape index (κ1) is 28.9. The van der Waals surface area contributed by atoms with E-state index in [1.165, 1.54) is 37.4 Å². The van der Waals surface area contributed by atoms with E-state index < -0.39 is 56.1 Å². The molecule has 0 aliphatic carbocycles. The standard InChI is InChI=1S/C25H34O12/c1-34-18-10-14(5-6-15(18)28)21(30)19(11-26)36-17-7-4-13(9-16(17)29)3-2-8-35-25-24(33)23(32)22(31)20(12-27)37-25/h4-7,9-10,19-33H,2-3,8,11-12H2,1H3/t19-,20-,21-,22-,23+,24-,25-/m1/s1. The van der Waals surface area contributed by atoms with Crippen LogP contribution in [0, 0.1) is 0 Å². The van der Waals surface area contributed by atoms with Gasteiger partial charge in [-0.15, -0.1) is 0 Å². The highest BCUT2D eigenvalue weighted by atomic mass is 16.7. The van der Waals surface area contributed by atoms with Crippen LogP contribution in [0.15, 0.2) is 36.4 Å². The van der Waals surface area contributed by atoms with E-state index in [2.05, 4.69) is 0 Å². The molecule has 0 unspecified atom stereocenters. The Bertz CT molecular complexity index is 1000. The van der Waals surface area contributed by atoms with Crippen molar-refractivity contribution in [3.8, 4) is 23.0 Å². The molecule has 0 bridgehead atoms. The maximum absolute atomic E-state index is 10.6. The Hall–Kier alpha value is -2.68. The predicted molar refractivity (Wildman–Crippen MR) is 127 cm³/mol. The molecular formula is C25H34O12. The molecule has 1 heterocycles. The largest absolute Gasteiger partial charge is 0.504 e. The summed E-state index contributed by atoms with van der Waals surface area (Å²) in [7, 11) is 1.37. The fourth-order valence-electron chi connectivity index (χ4n) is 3.96. The van der Waals surface area contributed by atoms with Gasteiger partial charge >= 0.3 is 0 Å². The third-order valence-corrected chi connectivity index (χ3v) is 6.12. The van der Waals surface area contributed by atoms with Crippen LogP contribution in [0.25, 0.3) is 0 Å². The molecule has 0 spiro atoms. The van der Waals surface area contributed by atoms with Crippen LogP contribution in [0.4, 0.5) is 0 Å². The molecule has 206 valence electrons. The van der Waals surface area contributed by atoms with Gasteiger partial charge in [0.15, 0.2) is 35.4 Å². The van der Waals surface area contributed by atoms with Crippen LogP contribution >= 0.6 is 0 Å². The fourth-order valence-corrected chi connectivity index (χ4v) is 3.96. The van der Waals surface area contributed by atoms with E-state index in [9.17, 15) is 40.9 Å². The van der Waals surface area contributed by atoms with Crippen molar-refractivity contribution in [2.75, 3.05) is 26.9 Å². The quantitative estimate of drug-likeness (QED) is 0.163. The number of methoxy groups -OCH3 is 1. The molecule has 0 aromatic heterocycles. The Balaban J connectivity index is 1.54. The first-order chi connectivity index (χ1) is 17.7. The summed E-state index contributed by atoms with van der Waals surface area (Å²) < 4.78 is 21.4. The second-order valence-corrected chi connectivity index (χ2v) is 8.69. The van der Waals surface area contributed by atoms with Gasteiger partial charge in [0.25, 0.3) is 0 Å². The number of rotatable bonds is 12. The Kier molecular flexibility index (Phi) is 10.3. The molecule has 1 saturated heterocycles. The second-order valence-electron chi connectivity index (χ2n) is 8.69. The smallest absolute Gasteiger partial charge is 0.186 e. The van der Waals surface area contributed by atoms with Crippen LogP contribution in [0.2, 0.25) is 0 Å². The van der Waals surface area contributed by atoms with Crippen LogP contribution in [0.5, 0.6) is 23.0 Å². The summed E-state index contributed by atoms with van der Waals surface area (Å²) in [4.78, 5) is 0. The second kappa shape index (κ2) is 13.2. The highest BCUT2D eigenvalue weighted by molar-refractivity contribution is 5.44. The highest BCUT2D eigenvalue weighted by Crippen LogP contribution is 2.33. The van der Waals surface area contributed by atoms with Crippen molar-refractivity contribution < 1.29 is 59.8 Å². The molecule has 1 fully saturated rings. The van der Waals surface area contributed by atoms with Crippen LogP contribution in [-0.4, -0.2) is 105 Å². The minimum absolute atomic E-state index is 0.0464. The number of hydrogen-bond acceptors (Lipinski definition) is 12. The molecule has 0 saturated carbocycles. The highest BCUT2D eigenvalue weighted by Gasteiger charge is 2.43. The minimum Gasteiger partial charge on any atom is -0.504 e. The van der Waals surface area contributed by atoms with Crippen molar-refractivity contribution >= 4 is 0 Å². The van der Waals surface area contributed by atoms with E-state index >= 15 is 0 Å². The SMILES string of the molecule is COc1cc([C@@H](O)[C@@H](CO)Oc2ccc(CCCO[C@@H]3O[C@H](CO)[C@@H](O)[C@H](O)[C@H]3O)cc2O)ccc1O. The summed E-state index contributed by atoms with van der Waals surface area (Å²) in [6, 6.07) is 8.88. The van der Waals surface area contributed by atoms with Crippen LogP contribution in [0.1, 0.15) is 23.7 Å². The molecule has 12 nitrogen and oxygen atoms in total. The summed E-state index contributed by atoms with van der Waals surface area (Å²) in [6.07, 6.45) is -8.19. The van der Waals surface area contributed by atoms with Crippen LogP contribution < -0.4 is 9.47 Å². The van der Waals surface area contributed by atoms with E-state index in [1.807, 2.05) is 0 Å². The van der Waals surface area contributed by atoms with Gasteiger partial charge in [0.05, 0.1) is 26.9 Å². The molecule has 1 aliphatic rings. The number of aromatic hydroxyl groups is 2. The van der Waals surface area contributed by atoms with Crippen LogP contribution in [-0.2, 0) is 15.9 Å². The van der Waals surface area contributed by atoms with E-state index in [-0.39, 0.29) is 29.6 Å². The molecule has 2 aromatic rings. The monoisotopic (exact) mass is 526 g/mol. The van der Waals surface area contributed by atoms with Gasteiger partial charge < -0.3 is 59.8 Å². The minimum atomic E-state index is -1.52. The Morgan fingerprint density at radius 3 is 2.32 bits per heavy atom. The first-order valence-corrected chi connectivity index (χ1v) is 11.8. The van der Waals surface area contributed by atoms with E-state index in [4.69, 9.17) is 18.9 Å².